The van der Waals surface area contributed by atoms with Gasteiger partial charge < -0.3 is 10.3 Å². The number of carbonyl (C=O) groups excluding carboxylic acids is 2. The Balaban J connectivity index is 2.11. The molecule has 94 valence electrons. The molecule has 0 radical (unpaired) electrons. The van der Waals surface area contributed by atoms with Crippen molar-refractivity contribution in [3.8, 4) is 0 Å². The molecule has 19 heavy (non-hydrogen) atoms. The number of hydrogen-bond acceptors (Lipinski definition) is 2. The molecule has 0 fully saturated rings. The van der Waals surface area contributed by atoms with Crippen molar-refractivity contribution in [3.63, 3.8) is 0 Å². The molecule has 1 aromatic heterocycles. The van der Waals surface area contributed by atoms with Crippen molar-refractivity contribution >= 4 is 29.5 Å². The van der Waals surface area contributed by atoms with Crippen molar-refractivity contribution in [2.24, 2.45) is 0 Å². The normalized spacial score (nSPS) is 15.4. The van der Waals surface area contributed by atoms with E-state index in [1.54, 1.807) is 12.1 Å². The molecule has 2 heterocycles. The van der Waals surface area contributed by atoms with Crippen molar-refractivity contribution in [1.29, 1.82) is 0 Å². The van der Waals surface area contributed by atoms with Gasteiger partial charge in [0.25, 0.3) is 5.91 Å². The maximum absolute atomic E-state index is 12.0. The summed E-state index contributed by atoms with van der Waals surface area (Å²) >= 11 is 0. The highest BCUT2D eigenvalue weighted by molar-refractivity contribution is 6.34. The van der Waals surface area contributed by atoms with Crippen LogP contribution < -0.4 is 5.32 Å². The number of hydrogen-bond donors (Lipinski definition) is 2. The SMILES string of the molecule is Cc1cc(C=O)[nH]c1/C=C1\C(=O)Nc2ccccc21. The molecule has 0 saturated heterocycles. The third-order valence-corrected chi connectivity index (χ3v) is 3.20. The highest BCUT2D eigenvalue weighted by Gasteiger charge is 2.23. The molecule has 0 aliphatic carbocycles. The maximum atomic E-state index is 12.0. The van der Waals surface area contributed by atoms with E-state index in [4.69, 9.17) is 0 Å². The molecule has 3 rings (SSSR count). The minimum Gasteiger partial charge on any atom is -0.353 e. The molecule has 4 nitrogen and oxygen atoms in total. The summed E-state index contributed by atoms with van der Waals surface area (Å²) in [5.41, 5.74) is 4.54. The predicted octanol–water partition coefficient (Wildman–Crippen LogP) is 2.63. The molecule has 0 saturated carbocycles. The van der Waals surface area contributed by atoms with Crippen LogP contribution in [0.5, 0.6) is 0 Å². The topological polar surface area (TPSA) is 62.0 Å². The van der Waals surface area contributed by atoms with E-state index < -0.39 is 0 Å². The van der Waals surface area contributed by atoms with Crippen molar-refractivity contribution in [1.82, 2.24) is 4.98 Å². The number of rotatable bonds is 2. The number of aromatic amines is 1. The Morgan fingerprint density at radius 3 is 2.74 bits per heavy atom. The molecule has 2 N–H and O–H groups in total. The minimum atomic E-state index is -0.122. The first-order valence-electron chi connectivity index (χ1n) is 5.96. The summed E-state index contributed by atoms with van der Waals surface area (Å²) in [7, 11) is 0. The Morgan fingerprint density at radius 2 is 2.00 bits per heavy atom. The predicted molar refractivity (Wildman–Crippen MR) is 73.9 cm³/mol. The molecule has 0 unspecified atom stereocenters. The minimum absolute atomic E-state index is 0.122. The van der Waals surface area contributed by atoms with Gasteiger partial charge in [0, 0.05) is 16.9 Å². The maximum Gasteiger partial charge on any atom is 0.256 e. The second-order valence-corrected chi connectivity index (χ2v) is 4.50. The third kappa shape index (κ3) is 1.87. The summed E-state index contributed by atoms with van der Waals surface area (Å²) in [4.78, 5) is 25.7. The van der Waals surface area contributed by atoms with E-state index >= 15 is 0 Å². The van der Waals surface area contributed by atoms with E-state index in [1.165, 1.54) is 0 Å². The van der Waals surface area contributed by atoms with Crippen LogP contribution in [0, 0.1) is 6.92 Å². The van der Waals surface area contributed by atoms with Gasteiger partial charge in [0.1, 0.15) is 0 Å². The van der Waals surface area contributed by atoms with Crippen LogP contribution in [-0.4, -0.2) is 17.2 Å². The summed E-state index contributed by atoms with van der Waals surface area (Å²) in [6.45, 7) is 1.90. The fourth-order valence-corrected chi connectivity index (χ4v) is 2.24. The van der Waals surface area contributed by atoms with Crippen molar-refractivity contribution in [2.75, 3.05) is 5.32 Å². The van der Waals surface area contributed by atoms with Crippen molar-refractivity contribution in [2.45, 2.75) is 6.92 Å². The van der Waals surface area contributed by atoms with Gasteiger partial charge in [-0.1, -0.05) is 18.2 Å². The molecular formula is C15H12N2O2. The summed E-state index contributed by atoms with van der Waals surface area (Å²) in [6, 6.07) is 9.31. The van der Waals surface area contributed by atoms with Crippen molar-refractivity contribution in [3.05, 3.63) is 52.8 Å². The van der Waals surface area contributed by atoms with Crippen LogP contribution in [0.15, 0.2) is 30.3 Å². The van der Waals surface area contributed by atoms with Gasteiger partial charge in [-0.3, -0.25) is 9.59 Å². The highest BCUT2D eigenvalue weighted by atomic mass is 16.2. The highest BCUT2D eigenvalue weighted by Crippen LogP contribution is 2.32. The molecular weight excluding hydrogens is 240 g/mol. The molecule has 1 aliphatic rings. The van der Waals surface area contributed by atoms with Crippen LogP contribution in [-0.2, 0) is 4.79 Å². The number of aryl methyl sites for hydroxylation is 1. The van der Waals surface area contributed by atoms with Gasteiger partial charge in [-0.05, 0) is 30.7 Å². The van der Waals surface area contributed by atoms with Crippen molar-refractivity contribution < 1.29 is 9.59 Å². The number of para-hydroxylation sites is 1. The third-order valence-electron chi connectivity index (χ3n) is 3.20. The van der Waals surface area contributed by atoms with E-state index in [-0.39, 0.29) is 5.91 Å². The number of fused-ring (bicyclic) bond motifs is 1. The number of nitrogens with one attached hydrogen (secondary N) is 2. The van der Waals surface area contributed by atoms with E-state index in [0.717, 1.165) is 28.8 Å². The molecule has 0 atom stereocenters. The first kappa shape index (κ1) is 11.5. The average molecular weight is 252 g/mol. The molecule has 1 amide bonds. The molecule has 2 aromatic rings. The van der Waals surface area contributed by atoms with E-state index in [2.05, 4.69) is 10.3 Å². The fourth-order valence-electron chi connectivity index (χ4n) is 2.24. The lowest BCUT2D eigenvalue weighted by Crippen LogP contribution is -2.03. The van der Waals surface area contributed by atoms with Crippen LogP contribution >= 0.6 is 0 Å². The van der Waals surface area contributed by atoms with Gasteiger partial charge >= 0.3 is 0 Å². The van der Waals surface area contributed by atoms with E-state index in [9.17, 15) is 9.59 Å². The smallest absolute Gasteiger partial charge is 0.256 e. The van der Waals surface area contributed by atoms with E-state index in [0.29, 0.717) is 11.3 Å². The lowest BCUT2D eigenvalue weighted by Gasteiger charge is -1.97. The Labute approximate surface area is 110 Å². The van der Waals surface area contributed by atoms with Gasteiger partial charge in [-0.25, -0.2) is 0 Å². The largest absolute Gasteiger partial charge is 0.353 e. The number of anilines is 1. The Morgan fingerprint density at radius 1 is 1.21 bits per heavy atom. The summed E-state index contributed by atoms with van der Waals surface area (Å²) in [5.74, 6) is -0.122. The average Bonchev–Trinajstić information content (AvgIpc) is 2.92. The zero-order valence-electron chi connectivity index (χ0n) is 10.4. The first-order valence-corrected chi connectivity index (χ1v) is 5.96. The molecule has 4 heteroatoms. The number of amides is 1. The number of carbonyl (C=O) groups is 2. The van der Waals surface area contributed by atoms with Gasteiger partial charge in [-0.2, -0.15) is 0 Å². The number of benzene rings is 1. The molecule has 0 spiro atoms. The monoisotopic (exact) mass is 252 g/mol. The summed E-state index contributed by atoms with van der Waals surface area (Å²) < 4.78 is 0. The molecule has 1 aromatic carbocycles. The lowest BCUT2D eigenvalue weighted by atomic mass is 10.1. The molecule has 1 aliphatic heterocycles. The zero-order valence-corrected chi connectivity index (χ0v) is 10.4. The van der Waals surface area contributed by atoms with Crippen LogP contribution in [0.2, 0.25) is 0 Å². The molecule has 0 bridgehead atoms. The number of H-pyrrole nitrogens is 1. The van der Waals surface area contributed by atoms with Crippen LogP contribution in [0.25, 0.3) is 11.6 Å². The standard InChI is InChI=1S/C15H12N2O2/c1-9-6-10(8-18)16-14(9)7-12-11-4-2-3-5-13(11)17-15(12)19/h2-8,16H,1H3,(H,17,19)/b12-7-. The van der Waals surface area contributed by atoms with E-state index in [1.807, 2.05) is 31.2 Å². The zero-order chi connectivity index (χ0) is 13.4. The second-order valence-electron chi connectivity index (χ2n) is 4.50. The Bertz CT molecular complexity index is 711. The Kier molecular flexibility index (Phi) is 2.56. The second kappa shape index (κ2) is 4.24. The van der Waals surface area contributed by atoms with Crippen LogP contribution in [0.1, 0.15) is 27.3 Å². The van der Waals surface area contributed by atoms with Gasteiger partial charge in [0.15, 0.2) is 6.29 Å². The lowest BCUT2D eigenvalue weighted by molar-refractivity contribution is -0.110. The van der Waals surface area contributed by atoms with Gasteiger partial charge in [0.05, 0.1) is 11.3 Å². The Hall–Kier alpha value is -2.62. The van der Waals surface area contributed by atoms with Gasteiger partial charge in [-0.15, -0.1) is 0 Å². The quantitative estimate of drug-likeness (QED) is 0.637. The first-order chi connectivity index (χ1) is 9.19. The number of aromatic nitrogens is 1. The summed E-state index contributed by atoms with van der Waals surface area (Å²) in [6.07, 6.45) is 2.54. The van der Waals surface area contributed by atoms with Crippen LogP contribution in [0.3, 0.4) is 0 Å². The summed E-state index contributed by atoms with van der Waals surface area (Å²) in [5, 5.41) is 2.82. The van der Waals surface area contributed by atoms with Gasteiger partial charge in [0.2, 0.25) is 0 Å². The number of aldehydes is 1. The van der Waals surface area contributed by atoms with Crippen LogP contribution in [0.4, 0.5) is 5.69 Å². The fraction of sp³-hybridized carbons (Fsp3) is 0.0667.